The lowest BCUT2D eigenvalue weighted by molar-refractivity contribution is 0.414. The van der Waals surface area contributed by atoms with E-state index in [9.17, 15) is 5.26 Å². The van der Waals surface area contributed by atoms with Crippen LogP contribution >= 0.6 is 15.9 Å². The van der Waals surface area contributed by atoms with Gasteiger partial charge in [0, 0.05) is 4.47 Å². The lowest BCUT2D eigenvalue weighted by Crippen LogP contribution is -2.04. The average molecular weight is 422 g/mol. The van der Waals surface area contributed by atoms with E-state index in [0.717, 1.165) is 21.3 Å². The highest BCUT2D eigenvalue weighted by Gasteiger charge is 2.15. The van der Waals surface area contributed by atoms with Gasteiger partial charge in [0.2, 0.25) is 0 Å². The van der Waals surface area contributed by atoms with E-state index < -0.39 is 5.92 Å². The molecule has 0 bridgehead atoms. The van der Waals surface area contributed by atoms with Crippen LogP contribution < -0.4 is 10.2 Å². The third-order valence-corrected chi connectivity index (χ3v) is 4.35. The molecule has 0 saturated carbocycles. The van der Waals surface area contributed by atoms with Gasteiger partial charge in [0.1, 0.15) is 11.7 Å². The molecule has 7 heteroatoms. The molecule has 1 atom stereocenters. The van der Waals surface area contributed by atoms with Crippen molar-refractivity contribution in [1.29, 1.82) is 5.26 Å². The van der Waals surface area contributed by atoms with Crippen molar-refractivity contribution in [2.24, 2.45) is 5.10 Å². The third kappa shape index (κ3) is 4.90. The van der Waals surface area contributed by atoms with Gasteiger partial charge in [-0.2, -0.15) is 15.5 Å². The molecule has 0 spiro atoms. The van der Waals surface area contributed by atoms with Gasteiger partial charge in [-0.3, -0.25) is 5.43 Å². The van der Waals surface area contributed by atoms with Crippen LogP contribution in [0.1, 0.15) is 22.7 Å². The second kappa shape index (κ2) is 8.92. The number of aromatic nitrogens is 2. The minimum atomic E-state index is -0.497. The van der Waals surface area contributed by atoms with Crippen LogP contribution in [0.5, 0.6) is 5.75 Å². The third-order valence-electron chi connectivity index (χ3n) is 3.82. The Morgan fingerprint density at radius 3 is 2.41 bits per heavy atom. The van der Waals surface area contributed by atoms with Gasteiger partial charge >= 0.3 is 0 Å². The quantitative estimate of drug-likeness (QED) is 0.472. The molecule has 3 aromatic rings. The summed E-state index contributed by atoms with van der Waals surface area (Å²) in [5, 5.41) is 21.9. The number of nitrogens with zero attached hydrogens (tertiary/aromatic N) is 4. The number of ether oxygens (including phenoxy) is 1. The lowest BCUT2D eigenvalue weighted by Gasteiger charge is -2.09. The zero-order chi connectivity index (χ0) is 19.1. The molecule has 0 aliphatic heterocycles. The van der Waals surface area contributed by atoms with Crippen LogP contribution in [0, 0.1) is 11.3 Å². The van der Waals surface area contributed by atoms with E-state index in [1.165, 1.54) is 0 Å². The molecule has 0 fully saturated rings. The summed E-state index contributed by atoms with van der Waals surface area (Å²) in [6.07, 6.45) is 1.69. The van der Waals surface area contributed by atoms with Crippen LogP contribution in [0.25, 0.3) is 0 Å². The van der Waals surface area contributed by atoms with Crippen molar-refractivity contribution >= 4 is 28.0 Å². The summed E-state index contributed by atoms with van der Waals surface area (Å²) in [6, 6.07) is 20.9. The number of nitrogens with one attached hydrogen (secondary N) is 1. The second-order valence-corrected chi connectivity index (χ2v) is 6.52. The largest absolute Gasteiger partial charge is 0.497 e. The summed E-state index contributed by atoms with van der Waals surface area (Å²) in [6.45, 7) is 0. The molecule has 1 aromatic heterocycles. The van der Waals surface area contributed by atoms with E-state index in [1.54, 1.807) is 25.5 Å². The molecular weight excluding hydrogens is 406 g/mol. The fourth-order valence-corrected chi connectivity index (χ4v) is 2.65. The van der Waals surface area contributed by atoms with E-state index in [1.807, 2.05) is 48.5 Å². The van der Waals surface area contributed by atoms with E-state index in [-0.39, 0.29) is 0 Å². The number of hydrogen-bond acceptors (Lipinski definition) is 6. The van der Waals surface area contributed by atoms with Crippen molar-refractivity contribution in [3.05, 3.63) is 82.0 Å². The Morgan fingerprint density at radius 2 is 1.81 bits per heavy atom. The van der Waals surface area contributed by atoms with Gasteiger partial charge in [-0.1, -0.05) is 40.2 Å². The highest BCUT2D eigenvalue weighted by Crippen LogP contribution is 2.24. The maximum atomic E-state index is 9.52. The van der Waals surface area contributed by atoms with Gasteiger partial charge in [-0.05, 0) is 47.5 Å². The van der Waals surface area contributed by atoms with E-state index in [2.05, 4.69) is 42.7 Å². The predicted octanol–water partition coefficient (Wildman–Crippen LogP) is 4.35. The van der Waals surface area contributed by atoms with Crippen LogP contribution in [0.15, 0.2) is 70.2 Å². The number of nitriles is 1. The SMILES string of the molecule is COc1ccc(C(C#N)c2ccc(N/N=C/c3ccc(Br)cc3)nn2)cc1. The number of methoxy groups -OCH3 is 1. The van der Waals surface area contributed by atoms with Crippen LogP contribution in [0.4, 0.5) is 5.82 Å². The van der Waals surface area contributed by atoms with E-state index in [0.29, 0.717) is 11.5 Å². The molecule has 0 amide bonds. The molecule has 1 unspecified atom stereocenters. The first-order valence-corrected chi connectivity index (χ1v) is 8.91. The first-order chi connectivity index (χ1) is 13.2. The first kappa shape index (κ1) is 18.5. The maximum Gasteiger partial charge on any atom is 0.168 e. The number of hydrogen-bond donors (Lipinski definition) is 1. The smallest absolute Gasteiger partial charge is 0.168 e. The molecule has 1 heterocycles. The summed E-state index contributed by atoms with van der Waals surface area (Å²) in [4.78, 5) is 0. The Bertz CT molecular complexity index is 948. The Hall–Kier alpha value is -3.24. The lowest BCUT2D eigenvalue weighted by atomic mass is 9.97. The fourth-order valence-electron chi connectivity index (χ4n) is 2.39. The molecular formula is C20H16BrN5O. The molecule has 0 aliphatic carbocycles. The number of hydrazone groups is 1. The highest BCUT2D eigenvalue weighted by atomic mass is 79.9. The Morgan fingerprint density at radius 1 is 1.07 bits per heavy atom. The van der Waals surface area contributed by atoms with Crippen LogP contribution in [-0.2, 0) is 0 Å². The zero-order valence-electron chi connectivity index (χ0n) is 14.5. The minimum absolute atomic E-state index is 0.497. The number of benzene rings is 2. The van der Waals surface area contributed by atoms with Gasteiger partial charge in [0.15, 0.2) is 5.82 Å². The molecule has 3 rings (SSSR count). The molecule has 0 saturated heterocycles. The summed E-state index contributed by atoms with van der Waals surface area (Å²) in [5.74, 6) is 0.743. The van der Waals surface area contributed by atoms with Crippen molar-refractivity contribution in [3.8, 4) is 11.8 Å². The van der Waals surface area contributed by atoms with E-state index in [4.69, 9.17) is 4.74 Å². The van der Waals surface area contributed by atoms with E-state index >= 15 is 0 Å². The Labute approximate surface area is 165 Å². The minimum Gasteiger partial charge on any atom is -0.497 e. The Kier molecular flexibility index (Phi) is 6.13. The first-order valence-electron chi connectivity index (χ1n) is 8.11. The normalized spacial score (nSPS) is 11.7. The zero-order valence-corrected chi connectivity index (χ0v) is 16.1. The topological polar surface area (TPSA) is 83.2 Å². The Balaban J connectivity index is 1.68. The van der Waals surface area contributed by atoms with Gasteiger partial charge < -0.3 is 4.74 Å². The second-order valence-electron chi connectivity index (χ2n) is 5.60. The molecule has 27 heavy (non-hydrogen) atoms. The summed E-state index contributed by atoms with van der Waals surface area (Å²) >= 11 is 3.39. The summed E-state index contributed by atoms with van der Waals surface area (Å²) in [7, 11) is 1.60. The monoisotopic (exact) mass is 421 g/mol. The van der Waals surface area contributed by atoms with Crippen molar-refractivity contribution < 1.29 is 4.74 Å². The molecule has 0 aliphatic rings. The average Bonchev–Trinajstić information content (AvgIpc) is 2.72. The molecule has 1 N–H and O–H groups in total. The van der Waals surface area contributed by atoms with Crippen molar-refractivity contribution in [2.75, 3.05) is 12.5 Å². The van der Waals surface area contributed by atoms with Gasteiger partial charge in [-0.25, -0.2) is 0 Å². The van der Waals surface area contributed by atoms with Crippen LogP contribution in [-0.4, -0.2) is 23.5 Å². The van der Waals surface area contributed by atoms with Gasteiger partial charge in [0.05, 0.1) is 25.1 Å². The molecule has 134 valence electrons. The number of halogens is 1. The molecule has 2 aromatic carbocycles. The predicted molar refractivity (Wildman–Crippen MR) is 108 cm³/mol. The number of rotatable bonds is 6. The highest BCUT2D eigenvalue weighted by molar-refractivity contribution is 9.10. The maximum absolute atomic E-state index is 9.52. The van der Waals surface area contributed by atoms with Crippen molar-refractivity contribution in [2.45, 2.75) is 5.92 Å². The van der Waals surface area contributed by atoms with Gasteiger partial charge in [0.25, 0.3) is 0 Å². The number of anilines is 1. The fraction of sp³-hybridized carbons (Fsp3) is 0.100. The molecule has 6 nitrogen and oxygen atoms in total. The standard InChI is InChI=1S/C20H16BrN5O/c1-27-17-8-4-15(5-9-17)18(12-22)19-10-11-20(26-24-19)25-23-13-14-2-6-16(21)7-3-14/h2-11,13,18H,1H3,(H,25,26)/b23-13+. The summed E-state index contributed by atoms with van der Waals surface area (Å²) in [5.41, 5.74) is 5.20. The van der Waals surface area contributed by atoms with Crippen LogP contribution in [0.3, 0.4) is 0 Å². The van der Waals surface area contributed by atoms with Gasteiger partial charge in [-0.15, -0.1) is 5.10 Å². The van der Waals surface area contributed by atoms with Crippen LogP contribution in [0.2, 0.25) is 0 Å². The van der Waals surface area contributed by atoms with Crippen molar-refractivity contribution in [1.82, 2.24) is 10.2 Å². The van der Waals surface area contributed by atoms with Crippen molar-refractivity contribution in [3.63, 3.8) is 0 Å². The molecule has 0 radical (unpaired) electrons. The summed E-state index contributed by atoms with van der Waals surface area (Å²) < 4.78 is 6.16.